The van der Waals surface area contributed by atoms with Crippen LogP contribution in [0.1, 0.15) is 16.8 Å². The van der Waals surface area contributed by atoms with Crippen molar-refractivity contribution in [2.75, 3.05) is 5.32 Å². The first kappa shape index (κ1) is 17.3. The summed E-state index contributed by atoms with van der Waals surface area (Å²) in [5.74, 6) is -1.53. The van der Waals surface area contributed by atoms with E-state index >= 15 is 0 Å². The minimum Gasteiger partial charge on any atom is -0.335 e. The van der Waals surface area contributed by atoms with E-state index in [0.29, 0.717) is 5.02 Å². The molecule has 0 bridgehead atoms. The molecule has 1 aliphatic heterocycles. The van der Waals surface area contributed by atoms with Crippen LogP contribution >= 0.6 is 23.4 Å². The van der Waals surface area contributed by atoms with Crippen LogP contribution in [0, 0.1) is 0 Å². The summed E-state index contributed by atoms with van der Waals surface area (Å²) in [6.45, 7) is 0. The van der Waals surface area contributed by atoms with Crippen LogP contribution in [0.3, 0.4) is 0 Å². The van der Waals surface area contributed by atoms with Crippen LogP contribution in [0.2, 0.25) is 5.02 Å². The number of anilines is 1. The lowest BCUT2D eigenvalue weighted by molar-refractivity contribution is -0.131. The van der Waals surface area contributed by atoms with Crippen molar-refractivity contribution in [1.29, 1.82) is 0 Å². The largest absolute Gasteiger partial charge is 0.362 e. The van der Waals surface area contributed by atoms with Crippen molar-refractivity contribution in [3.63, 3.8) is 0 Å². The normalized spacial score (nSPS) is 15.7. The van der Waals surface area contributed by atoms with Crippen LogP contribution in [0.4, 0.5) is 5.69 Å². The van der Waals surface area contributed by atoms with Gasteiger partial charge in [0.25, 0.3) is 5.91 Å². The Bertz CT molecular complexity index is 826. The van der Waals surface area contributed by atoms with E-state index in [9.17, 15) is 14.4 Å². The number of carbonyl (C=O) groups excluding carboxylic acids is 3. The predicted molar refractivity (Wildman–Crippen MR) is 94.3 cm³/mol. The highest BCUT2D eigenvalue weighted by atomic mass is 35.5. The van der Waals surface area contributed by atoms with E-state index in [0.717, 1.165) is 10.6 Å². The Balaban J connectivity index is 1.53. The number of benzene rings is 2. The molecule has 0 radical (unpaired) electrons. The van der Waals surface area contributed by atoms with Gasteiger partial charge in [0.1, 0.15) is 0 Å². The zero-order valence-electron chi connectivity index (χ0n) is 12.8. The van der Waals surface area contributed by atoms with E-state index in [4.69, 9.17) is 16.4 Å². The molecule has 2 amide bonds. The third kappa shape index (κ3) is 4.32. The third-order valence-electron chi connectivity index (χ3n) is 3.41. The summed E-state index contributed by atoms with van der Waals surface area (Å²) < 4.78 is 0. The van der Waals surface area contributed by atoms with E-state index in [1.54, 1.807) is 18.2 Å². The van der Waals surface area contributed by atoms with Crippen LogP contribution in [-0.2, 0) is 14.4 Å². The molecule has 1 aliphatic rings. The maximum Gasteiger partial charge on any atom is 0.362 e. The Morgan fingerprint density at radius 1 is 1.16 bits per heavy atom. The van der Waals surface area contributed by atoms with E-state index in [2.05, 4.69) is 10.8 Å². The second-order valence-electron chi connectivity index (χ2n) is 5.22. The molecule has 0 spiro atoms. The molecule has 6 nitrogen and oxygen atoms in total. The average molecular weight is 377 g/mol. The Labute approximate surface area is 152 Å². The van der Waals surface area contributed by atoms with Crippen LogP contribution in [-0.4, -0.2) is 23.0 Å². The number of nitrogens with one attached hydrogen (secondary N) is 2. The number of hydrogen-bond donors (Lipinski definition) is 2. The third-order valence-corrected chi connectivity index (χ3v) is 4.94. The smallest absolute Gasteiger partial charge is 0.335 e. The van der Waals surface area contributed by atoms with Crippen molar-refractivity contribution in [1.82, 2.24) is 5.48 Å². The van der Waals surface area contributed by atoms with Gasteiger partial charge in [-0.3, -0.25) is 9.59 Å². The van der Waals surface area contributed by atoms with Crippen molar-refractivity contribution >= 4 is 46.8 Å². The molecule has 3 rings (SSSR count). The van der Waals surface area contributed by atoms with Crippen molar-refractivity contribution in [2.45, 2.75) is 16.6 Å². The van der Waals surface area contributed by atoms with Gasteiger partial charge in [-0.05, 0) is 36.4 Å². The molecule has 2 aromatic carbocycles. The quantitative estimate of drug-likeness (QED) is 0.804. The molecule has 0 aromatic heterocycles. The van der Waals surface area contributed by atoms with Crippen molar-refractivity contribution in [2.24, 2.45) is 0 Å². The number of hydrogen-bond acceptors (Lipinski definition) is 5. The minimum absolute atomic E-state index is 0.112. The van der Waals surface area contributed by atoms with Gasteiger partial charge in [-0.25, -0.2) is 4.79 Å². The predicted octanol–water partition coefficient (Wildman–Crippen LogP) is 3.03. The number of para-hydroxylation sites is 1. The molecule has 0 saturated carbocycles. The van der Waals surface area contributed by atoms with Gasteiger partial charge < -0.3 is 10.2 Å². The second kappa shape index (κ2) is 7.58. The zero-order chi connectivity index (χ0) is 17.8. The number of thioether (sulfide) groups is 1. The molecular formula is C17H13ClN2O4S. The van der Waals surface area contributed by atoms with Gasteiger partial charge in [0, 0.05) is 9.92 Å². The van der Waals surface area contributed by atoms with Gasteiger partial charge in [-0.15, -0.1) is 11.8 Å². The molecule has 0 saturated heterocycles. The lowest BCUT2D eigenvalue weighted by Crippen LogP contribution is -2.35. The van der Waals surface area contributed by atoms with Crippen molar-refractivity contribution < 1.29 is 19.2 Å². The fourth-order valence-electron chi connectivity index (χ4n) is 2.19. The fourth-order valence-corrected chi connectivity index (χ4v) is 3.42. The zero-order valence-corrected chi connectivity index (χ0v) is 14.4. The highest BCUT2D eigenvalue weighted by Crippen LogP contribution is 2.36. The molecule has 0 aliphatic carbocycles. The first-order valence-corrected chi connectivity index (χ1v) is 8.61. The van der Waals surface area contributed by atoms with Crippen LogP contribution in [0.15, 0.2) is 53.4 Å². The maximum absolute atomic E-state index is 12.1. The summed E-state index contributed by atoms with van der Waals surface area (Å²) in [6.07, 6.45) is -0.112. The van der Waals surface area contributed by atoms with Gasteiger partial charge in [0.15, 0.2) is 0 Å². The van der Waals surface area contributed by atoms with Crippen LogP contribution in [0.5, 0.6) is 0 Å². The van der Waals surface area contributed by atoms with Crippen molar-refractivity contribution in [3.8, 4) is 0 Å². The number of carbonyl (C=O) groups is 3. The highest BCUT2D eigenvalue weighted by Gasteiger charge is 2.29. The molecular weight excluding hydrogens is 364 g/mol. The molecule has 0 unspecified atom stereocenters. The molecule has 25 heavy (non-hydrogen) atoms. The topological polar surface area (TPSA) is 84.5 Å². The van der Waals surface area contributed by atoms with E-state index in [1.165, 1.54) is 23.9 Å². The summed E-state index contributed by atoms with van der Waals surface area (Å²) in [6, 6.07) is 13.4. The monoisotopic (exact) mass is 376 g/mol. The van der Waals surface area contributed by atoms with E-state index in [-0.39, 0.29) is 17.9 Å². The molecule has 128 valence electrons. The Hall–Kier alpha value is -2.51. The van der Waals surface area contributed by atoms with Gasteiger partial charge >= 0.3 is 5.97 Å². The summed E-state index contributed by atoms with van der Waals surface area (Å²) in [7, 11) is 0. The standard InChI is InChI=1S/C17H13ClN2O4S/c18-11-7-5-10(6-8-11)17(23)24-20-15(21)9-14-16(22)19-12-3-1-2-4-13(12)25-14/h1-8,14H,9H2,(H,19,22)(H,20,21)/t14-/m0/s1. The molecule has 8 heteroatoms. The van der Waals surface area contributed by atoms with Crippen LogP contribution < -0.4 is 10.8 Å². The van der Waals surface area contributed by atoms with Gasteiger partial charge in [-0.2, -0.15) is 5.48 Å². The highest BCUT2D eigenvalue weighted by molar-refractivity contribution is 8.01. The van der Waals surface area contributed by atoms with Crippen molar-refractivity contribution in [3.05, 3.63) is 59.1 Å². The molecule has 1 heterocycles. The molecule has 0 fully saturated rings. The average Bonchev–Trinajstić information content (AvgIpc) is 2.61. The van der Waals surface area contributed by atoms with Crippen LogP contribution in [0.25, 0.3) is 0 Å². The SMILES string of the molecule is O=C(C[C@@H]1Sc2ccccc2NC1=O)NOC(=O)c1ccc(Cl)cc1. The first-order chi connectivity index (χ1) is 12.0. The lowest BCUT2D eigenvalue weighted by atomic mass is 10.2. The van der Waals surface area contributed by atoms with E-state index in [1.807, 2.05) is 18.2 Å². The lowest BCUT2D eigenvalue weighted by Gasteiger charge is -2.23. The van der Waals surface area contributed by atoms with Gasteiger partial charge in [0.05, 0.1) is 22.9 Å². The van der Waals surface area contributed by atoms with E-state index < -0.39 is 17.1 Å². The van der Waals surface area contributed by atoms with Gasteiger partial charge in [0.2, 0.25) is 5.91 Å². The minimum atomic E-state index is -0.712. The second-order valence-corrected chi connectivity index (χ2v) is 6.90. The Morgan fingerprint density at radius 3 is 2.64 bits per heavy atom. The number of hydroxylamine groups is 1. The van der Waals surface area contributed by atoms with Gasteiger partial charge in [-0.1, -0.05) is 23.7 Å². The Morgan fingerprint density at radius 2 is 1.88 bits per heavy atom. The summed E-state index contributed by atoms with van der Waals surface area (Å²) in [4.78, 5) is 41.5. The fraction of sp³-hybridized carbons (Fsp3) is 0.118. The number of halogens is 1. The summed E-state index contributed by atoms with van der Waals surface area (Å²) in [5.41, 5.74) is 3.05. The maximum atomic E-state index is 12.1. The summed E-state index contributed by atoms with van der Waals surface area (Å²) in [5, 5.41) is 2.65. The number of amides is 2. The Kier molecular flexibility index (Phi) is 5.25. The number of fused-ring (bicyclic) bond motifs is 1. The number of rotatable bonds is 3. The molecule has 2 aromatic rings. The molecule has 1 atom stereocenters. The summed E-state index contributed by atoms with van der Waals surface area (Å²) >= 11 is 7.04. The molecule has 2 N–H and O–H groups in total. The first-order valence-electron chi connectivity index (χ1n) is 7.35.